The second kappa shape index (κ2) is 7.25. The molecule has 0 spiro atoms. The summed E-state index contributed by atoms with van der Waals surface area (Å²) in [6, 6.07) is 1.70. The van der Waals surface area contributed by atoms with Gasteiger partial charge in [-0.1, -0.05) is 12.8 Å². The molecule has 1 aliphatic carbocycles. The van der Waals surface area contributed by atoms with Crippen molar-refractivity contribution in [3.8, 4) is 0 Å². The summed E-state index contributed by atoms with van der Waals surface area (Å²) in [6.07, 6.45) is 4.36. The summed E-state index contributed by atoms with van der Waals surface area (Å²) in [7, 11) is 0. The predicted molar refractivity (Wildman–Crippen MR) is 103 cm³/mol. The van der Waals surface area contributed by atoms with E-state index in [0.29, 0.717) is 35.8 Å². The Morgan fingerprint density at radius 2 is 2.08 bits per heavy atom. The van der Waals surface area contributed by atoms with Crippen LogP contribution in [-0.2, 0) is 4.74 Å². The van der Waals surface area contributed by atoms with Gasteiger partial charge in [0, 0.05) is 18.7 Å². The topological polar surface area (TPSA) is 89.3 Å². The number of fused-ring (bicyclic) bond motifs is 1. The molecule has 0 unspecified atom stereocenters. The summed E-state index contributed by atoms with van der Waals surface area (Å²) in [5, 5.41) is 14.2. The van der Waals surface area contributed by atoms with Crippen molar-refractivity contribution in [1.29, 1.82) is 0 Å². The van der Waals surface area contributed by atoms with E-state index in [-0.39, 0.29) is 17.6 Å². The van der Waals surface area contributed by atoms with Crippen molar-refractivity contribution >= 4 is 32.9 Å². The van der Waals surface area contributed by atoms with E-state index in [2.05, 4.69) is 31.2 Å². The number of nitrogens with one attached hydrogen (secondary N) is 1. The van der Waals surface area contributed by atoms with Crippen molar-refractivity contribution in [2.45, 2.75) is 57.2 Å². The van der Waals surface area contributed by atoms with Crippen LogP contribution in [-0.4, -0.2) is 45.0 Å². The Hall–Kier alpha value is -1.51. The van der Waals surface area contributed by atoms with Gasteiger partial charge >= 0.3 is 0 Å². The van der Waals surface area contributed by atoms with Crippen LogP contribution in [0.1, 0.15) is 43.7 Å². The van der Waals surface area contributed by atoms with E-state index in [0.717, 1.165) is 36.6 Å². The summed E-state index contributed by atoms with van der Waals surface area (Å²) >= 11 is 3.55. The molecule has 8 heteroatoms. The Balaban J connectivity index is 1.81. The molecular weight excluding hydrogens is 400 g/mol. The van der Waals surface area contributed by atoms with Gasteiger partial charge in [0.15, 0.2) is 0 Å². The lowest BCUT2D eigenvalue weighted by Crippen LogP contribution is -2.42. The first kappa shape index (κ1) is 17.9. The Bertz CT molecular complexity index is 879. The van der Waals surface area contributed by atoms with Crippen molar-refractivity contribution in [3.63, 3.8) is 0 Å². The van der Waals surface area contributed by atoms with Crippen LogP contribution < -0.4 is 10.9 Å². The van der Waals surface area contributed by atoms with Crippen molar-refractivity contribution < 1.29 is 9.84 Å². The third kappa shape index (κ3) is 3.25. The molecule has 1 saturated carbocycles. The molecule has 2 N–H and O–H groups in total. The van der Waals surface area contributed by atoms with Crippen LogP contribution in [0.4, 0.5) is 5.95 Å². The number of anilines is 1. The Kier molecular flexibility index (Phi) is 4.98. The Morgan fingerprint density at radius 3 is 2.81 bits per heavy atom. The molecule has 0 aromatic carbocycles. The highest BCUT2D eigenvalue weighted by Crippen LogP contribution is 2.33. The molecule has 0 amide bonds. The molecule has 0 bridgehead atoms. The molecule has 2 aromatic rings. The molecule has 1 aliphatic heterocycles. The van der Waals surface area contributed by atoms with Crippen LogP contribution in [0, 0.1) is 6.92 Å². The maximum Gasteiger partial charge on any atom is 0.252 e. The zero-order chi connectivity index (χ0) is 18.3. The first-order valence-corrected chi connectivity index (χ1v) is 9.95. The van der Waals surface area contributed by atoms with Gasteiger partial charge in [0.25, 0.3) is 5.56 Å². The van der Waals surface area contributed by atoms with E-state index in [1.807, 2.05) is 11.5 Å². The fraction of sp³-hybridized carbons (Fsp3) is 0.611. The first-order valence-electron chi connectivity index (χ1n) is 9.16. The number of aliphatic hydroxyl groups is 1. The zero-order valence-electron chi connectivity index (χ0n) is 14.7. The maximum atomic E-state index is 12.7. The molecule has 2 aromatic heterocycles. The molecule has 3 heterocycles. The van der Waals surface area contributed by atoms with Gasteiger partial charge in [0.2, 0.25) is 5.95 Å². The van der Waals surface area contributed by atoms with Crippen LogP contribution in [0.5, 0.6) is 0 Å². The molecule has 2 atom stereocenters. The van der Waals surface area contributed by atoms with Crippen LogP contribution in [0.3, 0.4) is 0 Å². The summed E-state index contributed by atoms with van der Waals surface area (Å²) in [6.45, 7) is 2.81. The summed E-state index contributed by atoms with van der Waals surface area (Å²) < 4.78 is 7.77. The highest BCUT2D eigenvalue weighted by molar-refractivity contribution is 9.10. The van der Waals surface area contributed by atoms with Gasteiger partial charge in [0.1, 0.15) is 10.3 Å². The SMILES string of the molecule is Cc1cc(=O)n(C2CCCC2)c2nc(N[C@@H]3CCOC[C@H]3O)nc(Br)c12. The summed E-state index contributed by atoms with van der Waals surface area (Å²) in [5.74, 6) is 0.423. The monoisotopic (exact) mass is 422 g/mol. The van der Waals surface area contributed by atoms with Gasteiger partial charge in [-0.3, -0.25) is 9.36 Å². The van der Waals surface area contributed by atoms with E-state index in [4.69, 9.17) is 4.74 Å². The molecule has 140 valence electrons. The maximum absolute atomic E-state index is 12.7. The van der Waals surface area contributed by atoms with Gasteiger partial charge < -0.3 is 15.2 Å². The molecular formula is C18H23BrN4O3. The van der Waals surface area contributed by atoms with Crippen LogP contribution in [0.2, 0.25) is 0 Å². The molecule has 0 radical (unpaired) electrons. The zero-order valence-corrected chi connectivity index (χ0v) is 16.3. The number of halogens is 1. The van der Waals surface area contributed by atoms with Crippen LogP contribution in [0.25, 0.3) is 11.0 Å². The van der Waals surface area contributed by atoms with Crippen molar-refractivity contribution in [1.82, 2.24) is 14.5 Å². The summed E-state index contributed by atoms with van der Waals surface area (Å²) in [4.78, 5) is 21.9. The molecule has 1 saturated heterocycles. The number of nitrogens with zero attached hydrogens (tertiary/aromatic N) is 3. The largest absolute Gasteiger partial charge is 0.389 e. The van der Waals surface area contributed by atoms with Crippen molar-refractivity contribution in [2.75, 3.05) is 18.5 Å². The quantitative estimate of drug-likeness (QED) is 0.738. The highest BCUT2D eigenvalue weighted by atomic mass is 79.9. The number of aliphatic hydroxyl groups excluding tert-OH is 1. The number of aryl methyl sites for hydroxylation is 1. The van der Waals surface area contributed by atoms with Gasteiger partial charge in [-0.05, 0) is 47.7 Å². The third-order valence-electron chi connectivity index (χ3n) is 5.38. The molecule has 4 rings (SSSR count). The lowest BCUT2D eigenvalue weighted by molar-refractivity contribution is -0.0136. The highest BCUT2D eigenvalue weighted by Gasteiger charge is 2.26. The predicted octanol–water partition coefficient (Wildman–Crippen LogP) is 2.54. The number of hydrogen-bond acceptors (Lipinski definition) is 6. The van der Waals surface area contributed by atoms with Gasteiger partial charge in [-0.2, -0.15) is 4.98 Å². The molecule has 7 nitrogen and oxygen atoms in total. The smallest absolute Gasteiger partial charge is 0.252 e. The van der Waals surface area contributed by atoms with Gasteiger partial charge in [0.05, 0.1) is 24.1 Å². The number of hydrogen-bond donors (Lipinski definition) is 2. The van der Waals surface area contributed by atoms with E-state index in [1.165, 1.54) is 0 Å². The second-order valence-corrected chi connectivity index (χ2v) is 7.94. The van der Waals surface area contributed by atoms with Crippen molar-refractivity contribution in [3.05, 3.63) is 26.6 Å². The van der Waals surface area contributed by atoms with E-state index >= 15 is 0 Å². The standard InChI is InChI=1S/C18H23BrN4O3/c1-10-8-14(25)23(11-4-2-3-5-11)17-15(10)16(19)21-18(22-17)20-12-6-7-26-9-13(12)24/h8,11-13,24H,2-7,9H2,1H3,(H,20,21,22)/t12-,13-/m1/s1. The van der Waals surface area contributed by atoms with E-state index in [9.17, 15) is 9.90 Å². The van der Waals surface area contributed by atoms with Gasteiger partial charge in [-0.15, -0.1) is 0 Å². The average molecular weight is 423 g/mol. The number of ether oxygens (including phenoxy) is 1. The first-order chi connectivity index (χ1) is 12.5. The third-order valence-corrected chi connectivity index (χ3v) is 5.95. The average Bonchev–Trinajstić information content (AvgIpc) is 3.10. The number of pyridine rings is 1. The molecule has 2 fully saturated rings. The number of aromatic nitrogens is 3. The fourth-order valence-corrected chi connectivity index (χ4v) is 4.66. The minimum absolute atomic E-state index is 0.00967. The lowest BCUT2D eigenvalue weighted by atomic mass is 10.1. The minimum atomic E-state index is -0.601. The van der Waals surface area contributed by atoms with Gasteiger partial charge in [-0.25, -0.2) is 4.98 Å². The Morgan fingerprint density at radius 1 is 1.31 bits per heavy atom. The molecule has 26 heavy (non-hydrogen) atoms. The summed E-state index contributed by atoms with van der Waals surface area (Å²) in [5.41, 5.74) is 1.51. The van der Waals surface area contributed by atoms with Crippen LogP contribution >= 0.6 is 15.9 Å². The minimum Gasteiger partial charge on any atom is -0.389 e. The lowest BCUT2D eigenvalue weighted by Gasteiger charge is -2.28. The van der Waals surface area contributed by atoms with E-state index in [1.54, 1.807) is 6.07 Å². The van der Waals surface area contributed by atoms with E-state index < -0.39 is 6.10 Å². The number of rotatable bonds is 3. The Labute approximate surface area is 159 Å². The molecule has 2 aliphatic rings. The van der Waals surface area contributed by atoms with Crippen molar-refractivity contribution in [2.24, 2.45) is 0 Å². The normalized spacial score (nSPS) is 24.3. The van der Waals surface area contributed by atoms with Crippen LogP contribution in [0.15, 0.2) is 15.5 Å². The fourth-order valence-electron chi connectivity index (χ4n) is 4.00. The second-order valence-electron chi connectivity index (χ2n) is 7.19.